The minimum Gasteiger partial charge on any atom is -0.356 e. The van der Waals surface area contributed by atoms with Crippen molar-refractivity contribution in [2.75, 3.05) is 28.0 Å². The van der Waals surface area contributed by atoms with Gasteiger partial charge in [0.25, 0.3) is 10.0 Å². The number of piperidine rings is 1. The van der Waals surface area contributed by atoms with Crippen LogP contribution >= 0.6 is 0 Å². The summed E-state index contributed by atoms with van der Waals surface area (Å²) in [5.41, 5.74) is 0.519. The van der Waals surface area contributed by atoms with Gasteiger partial charge in [-0.1, -0.05) is 0 Å². The molecule has 184 valence electrons. The predicted molar refractivity (Wildman–Crippen MR) is 130 cm³/mol. The molecule has 4 heterocycles. The maximum atomic E-state index is 12.8. The third-order valence-corrected chi connectivity index (χ3v) is 7.05. The molecule has 1 aromatic carbocycles. The van der Waals surface area contributed by atoms with Crippen LogP contribution in [0, 0.1) is 5.92 Å². The Morgan fingerprint density at radius 2 is 1.67 bits per heavy atom. The molecule has 0 spiro atoms. The summed E-state index contributed by atoms with van der Waals surface area (Å²) < 4.78 is 28.9. The zero-order valence-electron chi connectivity index (χ0n) is 19.0. The number of nitrogens with zero attached hydrogens (tertiary/aromatic N) is 8. The second kappa shape index (κ2) is 10.0. The second-order valence-corrected chi connectivity index (χ2v) is 9.71. The van der Waals surface area contributed by atoms with Gasteiger partial charge in [0.2, 0.25) is 11.9 Å². The molecule has 13 nitrogen and oxygen atoms in total. The number of hydrogen-bond acceptors (Lipinski definition) is 10. The van der Waals surface area contributed by atoms with E-state index in [1.165, 1.54) is 37.2 Å². The highest BCUT2D eigenvalue weighted by Crippen LogP contribution is 2.24. The zero-order chi connectivity index (χ0) is 25.0. The Morgan fingerprint density at radius 1 is 0.944 bits per heavy atom. The topological polar surface area (TPSA) is 161 Å². The van der Waals surface area contributed by atoms with Crippen LogP contribution < -0.4 is 14.9 Å². The van der Waals surface area contributed by atoms with Crippen molar-refractivity contribution in [2.24, 2.45) is 5.92 Å². The Morgan fingerprint density at radius 3 is 2.36 bits per heavy atom. The first-order valence-electron chi connectivity index (χ1n) is 11.1. The maximum Gasteiger partial charge on any atom is 0.264 e. The van der Waals surface area contributed by atoms with Gasteiger partial charge in [0.15, 0.2) is 5.82 Å². The Kier molecular flexibility index (Phi) is 6.49. The van der Waals surface area contributed by atoms with Gasteiger partial charge < -0.3 is 10.2 Å². The van der Waals surface area contributed by atoms with Crippen LogP contribution in [0.15, 0.2) is 72.7 Å². The smallest absolute Gasteiger partial charge is 0.264 e. The average Bonchev–Trinajstić information content (AvgIpc) is 3.45. The monoisotopic (exact) mass is 506 g/mol. The van der Waals surface area contributed by atoms with E-state index in [0.29, 0.717) is 37.4 Å². The summed E-state index contributed by atoms with van der Waals surface area (Å²) in [7, 11) is -3.84. The van der Waals surface area contributed by atoms with Crippen molar-refractivity contribution in [3.05, 3.63) is 67.8 Å². The lowest BCUT2D eigenvalue weighted by atomic mass is 9.96. The van der Waals surface area contributed by atoms with Crippen molar-refractivity contribution in [1.29, 1.82) is 0 Å². The van der Waals surface area contributed by atoms with Gasteiger partial charge in [0.05, 0.1) is 4.90 Å². The number of sulfonamides is 1. The molecule has 14 heteroatoms. The molecule has 5 rings (SSSR count). The van der Waals surface area contributed by atoms with Crippen molar-refractivity contribution >= 4 is 33.4 Å². The van der Waals surface area contributed by atoms with Gasteiger partial charge in [-0.15, -0.1) is 0 Å². The first-order valence-corrected chi connectivity index (χ1v) is 12.6. The Hall–Kier alpha value is -4.46. The number of carbonyl (C=O) groups excluding carboxylic acids is 1. The van der Waals surface area contributed by atoms with Crippen LogP contribution in [0.25, 0.3) is 5.82 Å². The minimum absolute atomic E-state index is 0.0159. The quantitative estimate of drug-likeness (QED) is 0.376. The number of benzene rings is 1. The number of amides is 1. The number of carbonyl (C=O) groups is 1. The molecular formula is C22H22N10O3S. The van der Waals surface area contributed by atoms with Gasteiger partial charge >= 0.3 is 0 Å². The minimum atomic E-state index is -3.84. The fourth-order valence-corrected chi connectivity index (χ4v) is 4.78. The normalized spacial score (nSPS) is 14.4. The summed E-state index contributed by atoms with van der Waals surface area (Å²) in [5, 5.41) is 6.97. The van der Waals surface area contributed by atoms with Crippen molar-refractivity contribution in [1.82, 2.24) is 34.7 Å². The van der Waals surface area contributed by atoms with E-state index in [4.69, 9.17) is 0 Å². The fraction of sp³-hybridized carbons (Fsp3) is 0.227. The summed E-state index contributed by atoms with van der Waals surface area (Å²) in [6.07, 6.45) is 8.69. The highest BCUT2D eigenvalue weighted by molar-refractivity contribution is 7.92. The van der Waals surface area contributed by atoms with Crippen LogP contribution in [0.2, 0.25) is 0 Å². The molecule has 0 saturated carbocycles. The summed E-state index contributed by atoms with van der Waals surface area (Å²) in [6, 6.07) is 9.38. The number of rotatable bonds is 7. The fourth-order valence-electron chi connectivity index (χ4n) is 3.83. The molecule has 0 unspecified atom stereocenters. The molecule has 0 aliphatic carbocycles. The van der Waals surface area contributed by atoms with E-state index in [-0.39, 0.29) is 22.7 Å². The van der Waals surface area contributed by atoms with Gasteiger partial charge in [-0.05, 0) is 43.2 Å². The molecule has 1 saturated heterocycles. The van der Waals surface area contributed by atoms with Gasteiger partial charge in [0.1, 0.15) is 24.8 Å². The first-order chi connectivity index (χ1) is 17.5. The van der Waals surface area contributed by atoms with E-state index in [1.807, 2.05) is 6.07 Å². The highest BCUT2D eigenvalue weighted by Gasteiger charge is 2.26. The zero-order valence-corrected chi connectivity index (χ0v) is 19.8. The molecule has 0 atom stereocenters. The van der Waals surface area contributed by atoms with Gasteiger partial charge in [-0.3, -0.25) is 4.79 Å². The van der Waals surface area contributed by atoms with Crippen molar-refractivity contribution in [2.45, 2.75) is 17.7 Å². The third-order valence-electron chi connectivity index (χ3n) is 5.71. The summed E-state index contributed by atoms with van der Waals surface area (Å²) in [6.45, 7) is 1.33. The molecule has 1 aliphatic rings. The van der Waals surface area contributed by atoms with Crippen LogP contribution in [0.3, 0.4) is 0 Å². The number of hydrogen-bond donors (Lipinski definition) is 2. The van der Waals surface area contributed by atoms with E-state index < -0.39 is 10.0 Å². The second-order valence-electron chi connectivity index (χ2n) is 8.03. The molecule has 2 N–H and O–H groups in total. The maximum absolute atomic E-state index is 12.8. The summed E-state index contributed by atoms with van der Waals surface area (Å²) in [4.78, 5) is 35.2. The number of anilines is 3. The Labute approximate surface area is 206 Å². The molecule has 1 fully saturated rings. The molecule has 1 amide bonds. The molecule has 36 heavy (non-hydrogen) atoms. The van der Waals surface area contributed by atoms with Crippen LogP contribution in [-0.4, -0.2) is 62.1 Å². The summed E-state index contributed by atoms with van der Waals surface area (Å²) in [5.74, 6) is 1.10. The van der Waals surface area contributed by atoms with E-state index in [1.54, 1.807) is 29.2 Å². The Balaban J connectivity index is 1.16. The lowest BCUT2D eigenvalue weighted by Gasteiger charge is -2.32. The van der Waals surface area contributed by atoms with Gasteiger partial charge in [0, 0.05) is 43.2 Å². The van der Waals surface area contributed by atoms with Crippen molar-refractivity contribution in [3.63, 3.8) is 0 Å². The van der Waals surface area contributed by atoms with Gasteiger partial charge in [-0.2, -0.15) is 5.10 Å². The largest absolute Gasteiger partial charge is 0.356 e. The van der Waals surface area contributed by atoms with Crippen LogP contribution in [0.4, 0.5) is 17.5 Å². The predicted octanol–water partition coefficient (Wildman–Crippen LogP) is 1.50. The van der Waals surface area contributed by atoms with E-state index >= 15 is 0 Å². The third kappa shape index (κ3) is 5.27. The van der Waals surface area contributed by atoms with E-state index in [2.05, 4.69) is 45.0 Å². The van der Waals surface area contributed by atoms with Crippen molar-refractivity contribution < 1.29 is 13.2 Å². The molecular weight excluding hydrogens is 484 g/mol. The SMILES string of the molecule is O=C(Nc1ccc(S(=O)(=O)Nc2ncccn2)cc1)C1CCN(c2cc(-n3cncn3)ncn2)CC1. The van der Waals surface area contributed by atoms with Gasteiger partial charge in [-0.25, -0.2) is 42.7 Å². The average molecular weight is 507 g/mol. The molecule has 0 bridgehead atoms. The molecule has 0 radical (unpaired) electrons. The highest BCUT2D eigenvalue weighted by atomic mass is 32.2. The molecule has 4 aromatic rings. The summed E-state index contributed by atoms with van der Waals surface area (Å²) >= 11 is 0. The van der Waals surface area contributed by atoms with E-state index in [9.17, 15) is 13.2 Å². The lowest BCUT2D eigenvalue weighted by Crippen LogP contribution is -2.38. The first kappa shape index (κ1) is 23.3. The van der Waals surface area contributed by atoms with E-state index in [0.717, 1.165) is 5.82 Å². The van der Waals surface area contributed by atoms with Crippen LogP contribution in [0.5, 0.6) is 0 Å². The lowest BCUT2D eigenvalue weighted by molar-refractivity contribution is -0.120. The number of aromatic nitrogens is 7. The number of nitrogens with one attached hydrogen (secondary N) is 2. The van der Waals surface area contributed by atoms with Crippen molar-refractivity contribution in [3.8, 4) is 5.82 Å². The molecule has 1 aliphatic heterocycles. The molecule has 3 aromatic heterocycles. The van der Waals surface area contributed by atoms with Crippen LogP contribution in [0.1, 0.15) is 12.8 Å². The van der Waals surface area contributed by atoms with Crippen LogP contribution in [-0.2, 0) is 14.8 Å². The Bertz CT molecular complexity index is 1420. The standard InChI is InChI=1S/C22H22N10O3S/c33-21(29-17-2-4-18(5-3-17)36(34,35)30-22-24-8-1-9-25-22)16-6-10-31(11-7-16)19-12-20(27-14-26-19)32-15-23-13-28-32/h1-5,8-9,12-16H,6-7,10-11H2,(H,29,33)(H,24,25,30).